The van der Waals surface area contributed by atoms with Crippen molar-refractivity contribution >= 4 is 45.2 Å². The predicted molar refractivity (Wildman–Crippen MR) is 151 cm³/mol. The van der Waals surface area contributed by atoms with E-state index in [0.29, 0.717) is 38.6 Å². The van der Waals surface area contributed by atoms with Crippen molar-refractivity contribution in [1.29, 1.82) is 0 Å². The number of hydrogen-bond acceptors (Lipinski definition) is 7. The molecule has 202 valence electrons. The van der Waals surface area contributed by atoms with E-state index in [4.69, 9.17) is 4.42 Å². The molecule has 3 amide bonds. The second-order valence-corrected chi connectivity index (χ2v) is 10.3. The van der Waals surface area contributed by atoms with Gasteiger partial charge in [0.2, 0.25) is 5.13 Å². The quantitative estimate of drug-likeness (QED) is 0.251. The van der Waals surface area contributed by atoms with E-state index in [9.17, 15) is 18.8 Å². The van der Waals surface area contributed by atoms with Crippen LogP contribution in [0.4, 0.5) is 9.52 Å². The van der Waals surface area contributed by atoms with Gasteiger partial charge in [-0.25, -0.2) is 4.39 Å². The summed E-state index contributed by atoms with van der Waals surface area (Å²) < 4.78 is 19.5. The Balaban J connectivity index is 1.45. The van der Waals surface area contributed by atoms with E-state index in [0.717, 1.165) is 11.1 Å². The molecule has 11 heteroatoms. The average Bonchev–Trinajstić information content (AvgIpc) is 3.60. The van der Waals surface area contributed by atoms with Crippen LogP contribution in [-0.2, 0) is 4.79 Å². The molecular weight excluding hydrogens is 533 g/mol. The van der Waals surface area contributed by atoms with Gasteiger partial charge in [-0.3, -0.25) is 19.7 Å². The SMILES string of the molecule is CNC(=O)c1c(-c2ccc(F)cc2)oc2ccc(-c3cccc(C(=O)NC(C)(C)C(=O)Nc4nncs4)c3)cc12. The molecule has 0 unspecified atom stereocenters. The Labute approximate surface area is 232 Å². The number of aromatic nitrogens is 2. The molecule has 0 spiro atoms. The number of halogens is 1. The lowest BCUT2D eigenvalue weighted by molar-refractivity contribution is -0.120. The summed E-state index contributed by atoms with van der Waals surface area (Å²) in [5.41, 5.74) is 3.45. The molecule has 3 N–H and O–H groups in total. The zero-order chi connectivity index (χ0) is 28.4. The number of furan rings is 1. The summed E-state index contributed by atoms with van der Waals surface area (Å²) in [5.74, 6) is -1.29. The Kier molecular flexibility index (Phi) is 7.14. The normalized spacial score (nSPS) is 11.3. The van der Waals surface area contributed by atoms with E-state index in [1.165, 1.54) is 36.0 Å². The molecule has 2 aromatic heterocycles. The molecule has 0 aliphatic rings. The first kappa shape index (κ1) is 26.7. The third-order valence-electron chi connectivity index (χ3n) is 6.28. The molecule has 40 heavy (non-hydrogen) atoms. The first-order valence-corrected chi connectivity index (χ1v) is 13.1. The molecule has 0 aliphatic heterocycles. The summed E-state index contributed by atoms with van der Waals surface area (Å²) in [6.07, 6.45) is 0. The number of fused-ring (bicyclic) bond motifs is 1. The Bertz CT molecular complexity index is 1730. The van der Waals surface area contributed by atoms with Crippen molar-refractivity contribution in [3.8, 4) is 22.5 Å². The van der Waals surface area contributed by atoms with Crippen LogP contribution in [0.25, 0.3) is 33.4 Å². The molecule has 0 saturated carbocycles. The largest absolute Gasteiger partial charge is 0.455 e. The summed E-state index contributed by atoms with van der Waals surface area (Å²) in [5, 5.41) is 16.4. The molecule has 2 heterocycles. The van der Waals surface area contributed by atoms with Gasteiger partial charge in [-0.15, -0.1) is 10.2 Å². The van der Waals surface area contributed by atoms with E-state index < -0.39 is 23.2 Å². The van der Waals surface area contributed by atoms with Crippen LogP contribution in [0.2, 0.25) is 0 Å². The average molecular weight is 558 g/mol. The molecule has 3 aromatic carbocycles. The fourth-order valence-corrected chi connectivity index (χ4v) is 4.61. The van der Waals surface area contributed by atoms with Crippen LogP contribution in [0.5, 0.6) is 0 Å². The van der Waals surface area contributed by atoms with Crippen molar-refractivity contribution in [2.45, 2.75) is 19.4 Å². The fourth-order valence-electron chi connectivity index (χ4n) is 4.17. The number of amides is 3. The second-order valence-electron chi connectivity index (χ2n) is 9.46. The molecular formula is C29H24FN5O4S. The van der Waals surface area contributed by atoms with E-state index in [2.05, 4.69) is 26.1 Å². The number of nitrogens with one attached hydrogen (secondary N) is 3. The van der Waals surface area contributed by atoms with Gasteiger partial charge in [0.25, 0.3) is 17.7 Å². The van der Waals surface area contributed by atoms with E-state index in [1.54, 1.807) is 50.2 Å². The minimum Gasteiger partial charge on any atom is -0.455 e. The first-order chi connectivity index (χ1) is 19.2. The van der Waals surface area contributed by atoms with Crippen molar-refractivity contribution in [2.24, 2.45) is 0 Å². The number of hydrogen-bond donors (Lipinski definition) is 3. The highest BCUT2D eigenvalue weighted by Crippen LogP contribution is 2.36. The van der Waals surface area contributed by atoms with Gasteiger partial charge < -0.3 is 15.1 Å². The van der Waals surface area contributed by atoms with Crippen molar-refractivity contribution in [1.82, 2.24) is 20.8 Å². The highest BCUT2D eigenvalue weighted by atomic mass is 32.1. The highest BCUT2D eigenvalue weighted by molar-refractivity contribution is 7.13. The van der Waals surface area contributed by atoms with Crippen molar-refractivity contribution in [3.63, 3.8) is 0 Å². The van der Waals surface area contributed by atoms with Crippen molar-refractivity contribution < 1.29 is 23.2 Å². The van der Waals surface area contributed by atoms with Gasteiger partial charge in [0, 0.05) is 23.6 Å². The lowest BCUT2D eigenvalue weighted by Crippen LogP contribution is -2.52. The Morgan fingerprint density at radius 3 is 2.35 bits per heavy atom. The maximum Gasteiger partial charge on any atom is 0.255 e. The second kappa shape index (κ2) is 10.7. The van der Waals surface area contributed by atoms with Gasteiger partial charge in [0.1, 0.15) is 28.2 Å². The van der Waals surface area contributed by atoms with E-state index >= 15 is 0 Å². The molecule has 0 radical (unpaired) electrons. The molecule has 0 saturated heterocycles. The van der Waals surface area contributed by atoms with Crippen molar-refractivity contribution in [3.05, 3.63) is 89.2 Å². The fraction of sp³-hybridized carbons (Fsp3) is 0.138. The molecule has 5 aromatic rings. The summed E-state index contributed by atoms with van der Waals surface area (Å²) in [4.78, 5) is 38.7. The Hall–Kier alpha value is -4.90. The molecule has 0 fully saturated rings. The molecule has 0 atom stereocenters. The van der Waals surface area contributed by atoms with Crippen LogP contribution in [0.15, 0.2) is 76.7 Å². The smallest absolute Gasteiger partial charge is 0.255 e. The van der Waals surface area contributed by atoms with Gasteiger partial charge in [0.05, 0.1) is 5.56 Å². The summed E-state index contributed by atoms with van der Waals surface area (Å²) in [7, 11) is 1.52. The summed E-state index contributed by atoms with van der Waals surface area (Å²) >= 11 is 1.17. The number of rotatable bonds is 7. The zero-order valence-electron chi connectivity index (χ0n) is 21.7. The standard InChI is InChI=1S/C29H24FN5O4S/c1-29(2,27(38)33-28-35-32-15-40-28)34-25(36)19-6-4-5-17(13-19)18-9-12-22-21(14-18)23(26(37)31-3)24(39-22)16-7-10-20(30)11-8-16/h4-15H,1-3H3,(H,31,37)(H,34,36)(H,33,35,38). The lowest BCUT2D eigenvalue weighted by Gasteiger charge is -2.24. The Morgan fingerprint density at radius 1 is 0.925 bits per heavy atom. The maximum atomic E-state index is 13.5. The maximum absolute atomic E-state index is 13.5. The zero-order valence-corrected chi connectivity index (χ0v) is 22.6. The molecule has 9 nitrogen and oxygen atoms in total. The highest BCUT2D eigenvalue weighted by Gasteiger charge is 2.30. The van der Waals surface area contributed by atoms with Crippen LogP contribution in [0.3, 0.4) is 0 Å². The van der Waals surface area contributed by atoms with Gasteiger partial charge in [-0.05, 0) is 73.5 Å². The number of carbonyl (C=O) groups excluding carboxylic acids is 3. The minimum atomic E-state index is -1.23. The number of nitrogens with zero attached hydrogens (tertiary/aromatic N) is 2. The third kappa shape index (κ3) is 5.32. The van der Waals surface area contributed by atoms with Crippen LogP contribution >= 0.6 is 11.3 Å². The van der Waals surface area contributed by atoms with Crippen LogP contribution < -0.4 is 16.0 Å². The van der Waals surface area contributed by atoms with Gasteiger partial charge in [-0.2, -0.15) is 0 Å². The van der Waals surface area contributed by atoms with E-state index in [-0.39, 0.29) is 5.91 Å². The van der Waals surface area contributed by atoms with E-state index in [1.807, 2.05) is 18.2 Å². The summed E-state index contributed by atoms with van der Waals surface area (Å²) in [6, 6.07) is 18.0. The monoisotopic (exact) mass is 557 g/mol. The minimum absolute atomic E-state index is 0.322. The number of anilines is 1. The first-order valence-electron chi connectivity index (χ1n) is 12.2. The predicted octanol–water partition coefficient (Wildman–Crippen LogP) is 5.26. The van der Waals surface area contributed by atoms with Gasteiger partial charge in [-0.1, -0.05) is 29.5 Å². The van der Waals surface area contributed by atoms with Crippen LogP contribution in [-0.4, -0.2) is 40.5 Å². The van der Waals surface area contributed by atoms with Crippen molar-refractivity contribution in [2.75, 3.05) is 12.4 Å². The third-order valence-corrected chi connectivity index (χ3v) is 6.89. The number of carbonyl (C=O) groups is 3. The molecule has 0 bridgehead atoms. The molecule has 5 rings (SSSR count). The number of benzene rings is 3. The molecule has 0 aliphatic carbocycles. The van der Waals surface area contributed by atoms with Crippen LogP contribution in [0, 0.1) is 5.82 Å². The van der Waals surface area contributed by atoms with Gasteiger partial charge >= 0.3 is 0 Å². The van der Waals surface area contributed by atoms with Gasteiger partial charge in [0.15, 0.2) is 0 Å². The summed E-state index contributed by atoms with van der Waals surface area (Å²) in [6.45, 7) is 3.19. The van der Waals surface area contributed by atoms with Crippen LogP contribution in [0.1, 0.15) is 34.6 Å². The topological polar surface area (TPSA) is 126 Å². The lowest BCUT2D eigenvalue weighted by atomic mass is 9.98. The Morgan fingerprint density at radius 2 is 1.65 bits per heavy atom.